The van der Waals surface area contributed by atoms with Gasteiger partial charge in [0.2, 0.25) is 0 Å². The number of carbonyl (C=O) groups excluding carboxylic acids is 1. The molecule has 0 spiro atoms. The third-order valence-electron chi connectivity index (χ3n) is 2.04. The summed E-state index contributed by atoms with van der Waals surface area (Å²) in [5.41, 5.74) is 0.738. The highest BCUT2D eigenvalue weighted by Gasteiger charge is 2.17. The summed E-state index contributed by atoms with van der Waals surface area (Å²) < 4.78 is 1.04. The average molecular weight is 267 g/mol. The van der Waals surface area contributed by atoms with Gasteiger partial charge in [-0.3, -0.25) is 4.79 Å². The topological polar surface area (TPSA) is 17.1 Å². The monoisotopic (exact) mass is 266 g/mol. The Labute approximate surface area is 99.3 Å². The molecule has 0 bridgehead atoms. The first-order chi connectivity index (χ1) is 6.89. The number of hydrogen-bond donors (Lipinski definition) is 0. The Morgan fingerprint density at radius 3 is 2.20 bits per heavy atom. The highest BCUT2D eigenvalue weighted by Crippen LogP contribution is 2.17. The van der Waals surface area contributed by atoms with Crippen LogP contribution >= 0.6 is 15.9 Å². The van der Waals surface area contributed by atoms with Gasteiger partial charge in [0.15, 0.2) is 5.78 Å². The van der Waals surface area contributed by atoms with Gasteiger partial charge in [0.1, 0.15) is 0 Å². The minimum Gasteiger partial charge on any atom is -0.294 e. The van der Waals surface area contributed by atoms with Gasteiger partial charge in [-0.2, -0.15) is 0 Å². The Morgan fingerprint density at radius 1 is 1.20 bits per heavy atom. The number of rotatable bonds is 2. The van der Waals surface area contributed by atoms with Crippen LogP contribution in [0.3, 0.4) is 0 Å². The van der Waals surface area contributed by atoms with E-state index in [9.17, 15) is 4.79 Å². The van der Waals surface area contributed by atoms with Crippen molar-refractivity contribution in [3.05, 3.63) is 40.4 Å². The Hall–Kier alpha value is -0.890. The molecule has 1 aromatic rings. The van der Waals surface area contributed by atoms with Gasteiger partial charge in [0.25, 0.3) is 0 Å². The van der Waals surface area contributed by atoms with Crippen LogP contribution in [-0.4, -0.2) is 5.78 Å². The molecule has 1 aromatic carbocycles. The second-order valence-electron chi connectivity index (χ2n) is 4.50. The van der Waals surface area contributed by atoms with Crippen LogP contribution < -0.4 is 0 Å². The van der Waals surface area contributed by atoms with Crippen molar-refractivity contribution in [1.29, 1.82) is 0 Å². The molecule has 0 heterocycles. The molecular formula is C13H15BrO. The molecule has 80 valence electrons. The molecule has 0 atom stereocenters. The summed E-state index contributed by atoms with van der Waals surface area (Å²) in [4.78, 5) is 11.6. The SMILES string of the molecule is CC(C)(C)C(=O)C=Cc1ccc(Br)cc1. The molecule has 15 heavy (non-hydrogen) atoms. The minimum absolute atomic E-state index is 0.144. The van der Waals surface area contributed by atoms with E-state index in [-0.39, 0.29) is 11.2 Å². The van der Waals surface area contributed by atoms with E-state index in [0.29, 0.717) is 0 Å². The van der Waals surface area contributed by atoms with Crippen molar-refractivity contribution in [3.63, 3.8) is 0 Å². The van der Waals surface area contributed by atoms with E-state index < -0.39 is 0 Å². The summed E-state index contributed by atoms with van der Waals surface area (Å²) in [6, 6.07) is 7.86. The van der Waals surface area contributed by atoms with Gasteiger partial charge in [0, 0.05) is 9.89 Å². The molecule has 0 radical (unpaired) electrons. The molecule has 0 amide bonds. The third-order valence-corrected chi connectivity index (χ3v) is 2.57. The summed E-state index contributed by atoms with van der Waals surface area (Å²) in [7, 11) is 0. The molecule has 0 aromatic heterocycles. The lowest BCUT2D eigenvalue weighted by molar-refractivity contribution is -0.121. The normalized spacial score (nSPS) is 12.0. The molecule has 0 unspecified atom stereocenters. The lowest BCUT2D eigenvalue weighted by Crippen LogP contribution is -2.17. The van der Waals surface area contributed by atoms with Gasteiger partial charge < -0.3 is 0 Å². The zero-order valence-electron chi connectivity index (χ0n) is 9.25. The van der Waals surface area contributed by atoms with Gasteiger partial charge >= 0.3 is 0 Å². The van der Waals surface area contributed by atoms with E-state index in [4.69, 9.17) is 0 Å². The van der Waals surface area contributed by atoms with Gasteiger partial charge in [-0.25, -0.2) is 0 Å². The second-order valence-corrected chi connectivity index (χ2v) is 5.41. The number of benzene rings is 1. The molecule has 0 fully saturated rings. The maximum absolute atomic E-state index is 11.6. The van der Waals surface area contributed by atoms with Crippen LogP contribution in [0.15, 0.2) is 34.8 Å². The Bertz CT molecular complexity index is 369. The molecule has 0 aliphatic carbocycles. The van der Waals surface area contributed by atoms with Crippen LogP contribution in [0.2, 0.25) is 0 Å². The van der Waals surface area contributed by atoms with E-state index >= 15 is 0 Å². The van der Waals surface area contributed by atoms with E-state index in [1.165, 1.54) is 0 Å². The summed E-state index contributed by atoms with van der Waals surface area (Å²) in [6.07, 6.45) is 3.49. The summed E-state index contributed by atoms with van der Waals surface area (Å²) in [5, 5.41) is 0. The predicted molar refractivity (Wildman–Crippen MR) is 67.6 cm³/mol. The first-order valence-corrected chi connectivity index (χ1v) is 5.67. The number of halogens is 1. The van der Waals surface area contributed by atoms with E-state index in [0.717, 1.165) is 10.0 Å². The van der Waals surface area contributed by atoms with Crippen LogP contribution in [0.4, 0.5) is 0 Å². The predicted octanol–water partition coefficient (Wildman–Crippen LogP) is 4.08. The highest BCUT2D eigenvalue weighted by atomic mass is 79.9. The second kappa shape index (κ2) is 4.75. The summed E-state index contributed by atoms with van der Waals surface area (Å²) in [5.74, 6) is 0.144. The summed E-state index contributed by atoms with van der Waals surface area (Å²) >= 11 is 3.37. The maximum atomic E-state index is 11.6. The van der Waals surface area contributed by atoms with E-state index in [2.05, 4.69) is 15.9 Å². The van der Waals surface area contributed by atoms with Gasteiger partial charge in [-0.15, -0.1) is 0 Å². The van der Waals surface area contributed by atoms with Crippen molar-refractivity contribution >= 4 is 27.8 Å². The van der Waals surface area contributed by atoms with Crippen molar-refractivity contribution in [2.24, 2.45) is 5.41 Å². The van der Waals surface area contributed by atoms with Crippen LogP contribution in [-0.2, 0) is 4.79 Å². The molecule has 0 aliphatic rings. The first-order valence-electron chi connectivity index (χ1n) is 4.88. The molecule has 1 rings (SSSR count). The lowest BCUT2D eigenvalue weighted by atomic mass is 9.90. The fraction of sp³-hybridized carbons (Fsp3) is 0.308. The van der Waals surface area contributed by atoms with Crippen LogP contribution in [0, 0.1) is 5.41 Å². The lowest BCUT2D eigenvalue weighted by Gasteiger charge is -2.12. The van der Waals surface area contributed by atoms with Crippen LogP contribution in [0.25, 0.3) is 6.08 Å². The molecule has 2 heteroatoms. The highest BCUT2D eigenvalue weighted by molar-refractivity contribution is 9.10. The Balaban J connectivity index is 2.74. The molecular weight excluding hydrogens is 252 g/mol. The fourth-order valence-corrected chi connectivity index (χ4v) is 1.26. The largest absolute Gasteiger partial charge is 0.294 e. The molecule has 0 saturated heterocycles. The summed E-state index contributed by atoms with van der Waals surface area (Å²) in [6.45, 7) is 5.75. The standard InChI is InChI=1S/C13H15BrO/c1-13(2,3)12(15)9-6-10-4-7-11(14)8-5-10/h4-9H,1-3H3. The minimum atomic E-state index is -0.300. The first kappa shape index (κ1) is 12.2. The van der Waals surface area contributed by atoms with Gasteiger partial charge in [-0.05, 0) is 23.8 Å². The van der Waals surface area contributed by atoms with Crippen LogP contribution in [0.1, 0.15) is 26.3 Å². The van der Waals surface area contributed by atoms with Crippen molar-refractivity contribution in [3.8, 4) is 0 Å². The van der Waals surface area contributed by atoms with Gasteiger partial charge in [0.05, 0.1) is 0 Å². The molecule has 0 saturated carbocycles. The van der Waals surface area contributed by atoms with Crippen molar-refractivity contribution in [2.45, 2.75) is 20.8 Å². The number of ketones is 1. The van der Waals surface area contributed by atoms with Crippen molar-refractivity contribution in [2.75, 3.05) is 0 Å². The van der Waals surface area contributed by atoms with Crippen molar-refractivity contribution < 1.29 is 4.79 Å². The smallest absolute Gasteiger partial charge is 0.161 e. The molecule has 1 nitrogen and oxygen atoms in total. The van der Waals surface area contributed by atoms with E-state index in [1.54, 1.807) is 6.08 Å². The maximum Gasteiger partial charge on any atom is 0.161 e. The van der Waals surface area contributed by atoms with Gasteiger partial charge in [-0.1, -0.05) is 54.9 Å². The zero-order chi connectivity index (χ0) is 11.5. The van der Waals surface area contributed by atoms with Crippen LogP contribution in [0.5, 0.6) is 0 Å². The van der Waals surface area contributed by atoms with Crippen molar-refractivity contribution in [1.82, 2.24) is 0 Å². The fourth-order valence-electron chi connectivity index (χ4n) is 0.996. The molecule has 0 aliphatic heterocycles. The Morgan fingerprint density at radius 2 is 1.73 bits per heavy atom. The third kappa shape index (κ3) is 4.00. The number of allylic oxidation sites excluding steroid dienone is 1. The number of carbonyl (C=O) groups is 1. The van der Waals surface area contributed by atoms with E-state index in [1.807, 2.05) is 51.1 Å². The molecule has 0 N–H and O–H groups in total. The average Bonchev–Trinajstić information content (AvgIpc) is 2.15. The Kier molecular flexibility index (Phi) is 3.86. The quantitative estimate of drug-likeness (QED) is 0.738. The zero-order valence-corrected chi connectivity index (χ0v) is 10.8. The number of hydrogen-bond acceptors (Lipinski definition) is 1.